The topological polar surface area (TPSA) is 78.8 Å². The van der Waals surface area contributed by atoms with Crippen LogP contribution in [-0.2, 0) is 13.8 Å². The van der Waals surface area contributed by atoms with E-state index in [4.69, 9.17) is 9.63 Å². The Kier molecular flexibility index (Phi) is 4.06. The molecular formula is C7H16NO5P. The Bertz CT molecular complexity index is 222. The first-order valence-electron chi connectivity index (χ1n) is 4.51. The Morgan fingerprint density at radius 1 is 1.57 bits per heavy atom. The summed E-state index contributed by atoms with van der Waals surface area (Å²) < 4.78 is 20.5. The van der Waals surface area contributed by atoms with Gasteiger partial charge in [0.1, 0.15) is 26.2 Å². The largest absolute Gasteiger partial charge is 0.756 e. The van der Waals surface area contributed by atoms with Crippen molar-refractivity contribution in [2.45, 2.75) is 0 Å². The van der Waals surface area contributed by atoms with Crippen LogP contribution in [0.15, 0.2) is 0 Å². The highest BCUT2D eigenvalue weighted by Crippen LogP contribution is 2.29. The Balaban J connectivity index is 2.25. The summed E-state index contributed by atoms with van der Waals surface area (Å²) in [5.74, 6) is 0. The van der Waals surface area contributed by atoms with Gasteiger partial charge in [-0.05, 0) is 0 Å². The minimum atomic E-state index is -4.55. The SMILES string of the molecule is C[N+]1(CCOP(=O)([O-])O)CCOCC1. The number of hydrogen-bond acceptors (Lipinski definition) is 4. The number of rotatable bonds is 4. The molecule has 84 valence electrons. The number of nitrogens with zero attached hydrogens (tertiary/aromatic N) is 1. The summed E-state index contributed by atoms with van der Waals surface area (Å²) in [5, 5.41) is 0. The fourth-order valence-corrected chi connectivity index (χ4v) is 1.70. The number of morpholine rings is 1. The van der Waals surface area contributed by atoms with Crippen LogP contribution in [0.1, 0.15) is 0 Å². The van der Waals surface area contributed by atoms with Gasteiger partial charge in [0, 0.05) is 0 Å². The molecule has 0 aromatic carbocycles. The summed E-state index contributed by atoms with van der Waals surface area (Å²) in [6, 6.07) is 0. The molecule has 0 amide bonds. The van der Waals surface area contributed by atoms with Crippen molar-refractivity contribution in [3.8, 4) is 0 Å². The van der Waals surface area contributed by atoms with Crippen LogP contribution >= 0.6 is 7.82 Å². The number of phosphoric acid groups is 1. The number of likely N-dealkylation sites (N-methyl/N-ethyl adjacent to an activating group) is 1. The number of ether oxygens (including phenoxy) is 1. The summed E-state index contributed by atoms with van der Waals surface area (Å²) >= 11 is 0. The van der Waals surface area contributed by atoms with Crippen LogP contribution < -0.4 is 4.89 Å². The molecular weight excluding hydrogens is 209 g/mol. The van der Waals surface area contributed by atoms with Crippen LogP contribution in [0.25, 0.3) is 0 Å². The van der Waals surface area contributed by atoms with Gasteiger partial charge in [-0.15, -0.1) is 0 Å². The number of hydrogen-bond donors (Lipinski definition) is 1. The van der Waals surface area contributed by atoms with E-state index in [0.29, 0.717) is 19.8 Å². The fourth-order valence-electron chi connectivity index (χ4n) is 1.38. The molecule has 0 aliphatic carbocycles. The van der Waals surface area contributed by atoms with E-state index in [1.165, 1.54) is 0 Å². The van der Waals surface area contributed by atoms with E-state index in [1.54, 1.807) is 0 Å². The molecule has 0 bridgehead atoms. The maximum atomic E-state index is 10.3. The van der Waals surface area contributed by atoms with Gasteiger partial charge >= 0.3 is 0 Å². The van der Waals surface area contributed by atoms with E-state index in [2.05, 4.69) is 4.52 Å². The average molecular weight is 225 g/mol. The predicted octanol–water partition coefficient (Wildman–Crippen LogP) is -1.06. The van der Waals surface area contributed by atoms with Crippen molar-refractivity contribution in [2.24, 2.45) is 0 Å². The molecule has 1 saturated heterocycles. The van der Waals surface area contributed by atoms with E-state index in [1.807, 2.05) is 7.05 Å². The van der Waals surface area contributed by atoms with Crippen molar-refractivity contribution in [1.29, 1.82) is 0 Å². The third-order valence-electron chi connectivity index (χ3n) is 2.44. The number of quaternary nitrogens is 1. The first-order valence-corrected chi connectivity index (χ1v) is 6.01. The van der Waals surface area contributed by atoms with E-state index in [0.717, 1.165) is 17.6 Å². The first-order chi connectivity index (χ1) is 6.41. The molecule has 6 nitrogen and oxygen atoms in total. The van der Waals surface area contributed by atoms with Crippen LogP contribution in [0.3, 0.4) is 0 Å². The molecule has 1 unspecified atom stereocenters. The van der Waals surface area contributed by atoms with E-state index < -0.39 is 7.82 Å². The third kappa shape index (κ3) is 4.50. The molecule has 0 aromatic rings. The van der Waals surface area contributed by atoms with E-state index in [-0.39, 0.29) is 6.61 Å². The molecule has 1 heterocycles. The Hall–Kier alpha value is 0.0300. The number of phosphoric ester groups is 1. The molecule has 7 heteroatoms. The Labute approximate surface area is 83.3 Å². The molecule has 1 rings (SSSR count). The van der Waals surface area contributed by atoms with Gasteiger partial charge in [0.15, 0.2) is 0 Å². The molecule has 1 aliphatic rings. The highest BCUT2D eigenvalue weighted by molar-refractivity contribution is 7.44. The summed E-state index contributed by atoms with van der Waals surface area (Å²) in [7, 11) is -2.54. The normalized spacial score (nSPS) is 25.6. The summed E-state index contributed by atoms with van der Waals surface area (Å²) in [5.41, 5.74) is 0. The molecule has 1 atom stereocenters. The maximum Gasteiger partial charge on any atom is 0.265 e. The van der Waals surface area contributed by atoms with Gasteiger partial charge in [0.25, 0.3) is 7.82 Å². The molecule has 0 radical (unpaired) electrons. The second-order valence-corrected chi connectivity index (χ2v) is 4.90. The minimum absolute atomic E-state index is 0.0216. The minimum Gasteiger partial charge on any atom is -0.756 e. The van der Waals surface area contributed by atoms with Crippen molar-refractivity contribution in [2.75, 3.05) is 46.5 Å². The first kappa shape index (κ1) is 12.1. The molecule has 1 fully saturated rings. The molecule has 0 spiro atoms. The fraction of sp³-hybridized carbons (Fsp3) is 1.00. The standard InChI is InChI=1S/C7H16NO5P/c1-8(2-5-12-6-3-8)4-7-13-14(9,10)11/h2-7H2,1H3,(H-,9,10,11). The van der Waals surface area contributed by atoms with Crippen LogP contribution in [0.4, 0.5) is 0 Å². The van der Waals surface area contributed by atoms with Gasteiger partial charge < -0.3 is 23.5 Å². The molecule has 1 N–H and O–H groups in total. The zero-order valence-corrected chi connectivity index (χ0v) is 9.11. The van der Waals surface area contributed by atoms with Gasteiger partial charge in [-0.1, -0.05) is 0 Å². The highest BCUT2D eigenvalue weighted by atomic mass is 31.2. The van der Waals surface area contributed by atoms with Gasteiger partial charge in [0.2, 0.25) is 0 Å². The van der Waals surface area contributed by atoms with E-state index >= 15 is 0 Å². The lowest BCUT2D eigenvalue weighted by atomic mass is 10.3. The van der Waals surface area contributed by atoms with Crippen LogP contribution in [0, 0.1) is 0 Å². The maximum absolute atomic E-state index is 10.3. The van der Waals surface area contributed by atoms with Crippen molar-refractivity contribution in [3.63, 3.8) is 0 Å². The smallest absolute Gasteiger partial charge is 0.265 e. The molecule has 1 aliphatic heterocycles. The zero-order chi connectivity index (χ0) is 10.7. The van der Waals surface area contributed by atoms with Crippen LogP contribution in [-0.4, -0.2) is 55.9 Å². The van der Waals surface area contributed by atoms with Crippen molar-refractivity contribution in [3.05, 3.63) is 0 Å². The predicted molar refractivity (Wildman–Crippen MR) is 47.4 cm³/mol. The lowest BCUT2D eigenvalue weighted by molar-refractivity contribution is -0.916. The van der Waals surface area contributed by atoms with Crippen molar-refractivity contribution < 1.29 is 28.1 Å². The van der Waals surface area contributed by atoms with Crippen LogP contribution in [0.2, 0.25) is 0 Å². The Morgan fingerprint density at radius 3 is 2.64 bits per heavy atom. The van der Waals surface area contributed by atoms with Crippen molar-refractivity contribution >= 4 is 7.82 Å². The molecule has 14 heavy (non-hydrogen) atoms. The monoisotopic (exact) mass is 225 g/mol. The second kappa shape index (κ2) is 4.70. The average Bonchev–Trinajstić information content (AvgIpc) is 2.02. The highest BCUT2D eigenvalue weighted by Gasteiger charge is 2.25. The lowest BCUT2D eigenvalue weighted by Gasteiger charge is -2.37. The summed E-state index contributed by atoms with van der Waals surface area (Å²) in [4.78, 5) is 18.7. The van der Waals surface area contributed by atoms with Gasteiger partial charge in [-0.25, -0.2) is 0 Å². The van der Waals surface area contributed by atoms with Gasteiger partial charge in [0.05, 0.1) is 20.3 Å². The zero-order valence-electron chi connectivity index (χ0n) is 8.22. The summed E-state index contributed by atoms with van der Waals surface area (Å²) in [6.07, 6.45) is 0. The van der Waals surface area contributed by atoms with Gasteiger partial charge in [-0.3, -0.25) is 4.57 Å². The lowest BCUT2D eigenvalue weighted by Crippen LogP contribution is -2.53. The van der Waals surface area contributed by atoms with E-state index in [9.17, 15) is 9.46 Å². The third-order valence-corrected chi connectivity index (χ3v) is 2.95. The second-order valence-electron chi connectivity index (χ2n) is 3.70. The summed E-state index contributed by atoms with van der Waals surface area (Å²) in [6.45, 7) is 3.65. The Morgan fingerprint density at radius 2 is 2.14 bits per heavy atom. The quantitative estimate of drug-likeness (QED) is 0.487. The van der Waals surface area contributed by atoms with Crippen molar-refractivity contribution in [1.82, 2.24) is 0 Å². The van der Waals surface area contributed by atoms with Gasteiger partial charge in [-0.2, -0.15) is 0 Å². The molecule has 0 saturated carbocycles. The van der Waals surface area contributed by atoms with Crippen LogP contribution in [0.5, 0.6) is 0 Å². The molecule has 0 aromatic heterocycles.